The second-order valence-corrected chi connectivity index (χ2v) is 7.18. The fourth-order valence-electron chi connectivity index (χ4n) is 3.57. The van der Waals surface area contributed by atoms with E-state index in [1.54, 1.807) is 7.05 Å². The molecule has 2 heterocycles. The maximum atomic E-state index is 4.34. The van der Waals surface area contributed by atoms with Crippen LogP contribution >= 0.6 is 0 Å². The number of piperidine rings is 1. The summed E-state index contributed by atoms with van der Waals surface area (Å²) in [4.78, 5) is 11.3. The Bertz CT molecular complexity index is 728. The molecule has 3 rings (SSSR count). The Kier molecular flexibility index (Phi) is 7.22. The molecule has 0 aliphatic carbocycles. The molecule has 1 unspecified atom stereocenters. The van der Waals surface area contributed by atoms with Gasteiger partial charge < -0.3 is 10.6 Å². The van der Waals surface area contributed by atoms with E-state index in [1.165, 1.54) is 36.9 Å². The molecule has 5 nitrogen and oxygen atoms in total. The molecule has 1 fully saturated rings. The fourth-order valence-corrected chi connectivity index (χ4v) is 3.57. The molecule has 0 spiro atoms. The van der Waals surface area contributed by atoms with Gasteiger partial charge in [0, 0.05) is 32.4 Å². The van der Waals surface area contributed by atoms with Crippen molar-refractivity contribution < 1.29 is 0 Å². The van der Waals surface area contributed by atoms with Gasteiger partial charge in [-0.3, -0.25) is 14.9 Å². The lowest BCUT2D eigenvalue weighted by atomic mass is 10.0. The fraction of sp³-hybridized carbons (Fsp3) is 0.455. The number of benzene rings is 1. The zero-order valence-corrected chi connectivity index (χ0v) is 16.5. The van der Waals surface area contributed by atoms with Crippen molar-refractivity contribution in [3.05, 3.63) is 65.5 Å². The molecule has 0 radical (unpaired) electrons. The van der Waals surface area contributed by atoms with Crippen molar-refractivity contribution in [3.63, 3.8) is 0 Å². The van der Waals surface area contributed by atoms with E-state index in [0.29, 0.717) is 12.6 Å². The molecule has 0 saturated carbocycles. The van der Waals surface area contributed by atoms with Crippen molar-refractivity contribution >= 4 is 5.96 Å². The van der Waals surface area contributed by atoms with Crippen LogP contribution in [0.15, 0.2) is 53.7 Å². The third-order valence-electron chi connectivity index (χ3n) is 5.27. The quantitative estimate of drug-likeness (QED) is 0.609. The van der Waals surface area contributed by atoms with Gasteiger partial charge in [-0.05, 0) is 49.6 Å². The van der Waals surface area contributed by atoms with Crippen molar-refractivity contribution in [1.29, 1.82) is 0 Å². The number of hydrogen-bond acceptors (Lipinski definition) is 3. The number of aliphatic imine (C=N–C) groups is 1. The number of nitrogens with one attached hydrogen (secondary N) is 2. The van der Waals surface area contributed by atoms with Gasteiger partial charge >= 0.3 is 0 Å². The van der Waals surface area contributed by atoms with E-state index in [9.17, 15) is 0 Å². The first-order valence-electron chi connectivity index (χ1n) is 9.91. The second-order valence-electron chi connectivity index (χ2n) is 7.18. The van der Waals surface area contributed by atoms with E-state index < -0.39 is 0 Å². The molecule has 0 bridgehead atoms. The molecule has 1 aliphatic heterocycles. The first-order valence-corrected chi connectivity index (χ1v) is 9.91. The second kappa shape index (κ2) is 10.1. The highest BCUT2D eigenvalue weighted by atomic mass is 15.2. The van der Waals surface area contributed by atoms with Gasteiger partial charge in [-0.15, -0.1) is 0 Å². The van der Waals surface area contributed by atoms with Gasteiger partial charge in [0.15, 0.2) is 5.96 Å². The summed E-state index contributed by atoms with van der Waals surface area (Å²) in [7, 11) is 1.80. The molecule has 5 heteroatoms. The van der Waals surface area contributed by atoms with Crippen LogP contribution in [0.25, 0.3) is 0 Å². The van der Waals surface area contributed by atoms with Crippen molar-refractivity contribution in [2.75, 3.05) is 13.6 Å². The molecular weight excluding hydrogens is 334 g/mol. The van der Waals surface area contributed by atoms with Crippen LogP contribution in [-0.2, 0) is 19.6 Å². The highest BCUT2D eigenvalue weighted by molar-refractivity contribution is 5.79. The number of rotatable bonds is 6. The molecule has 2 N–H and O–H groups in total. The molecule has 144 valence electrons. The summed E-state index contributed by atoms with van der Waals surface area (Å²) in [5.74, 6) is 0.793. The van der Waals surface area contributed by atoms with Gasteiger partial charge in [0.2, 0.25) is 0 Å². The van der Waals surface area contributed by atoms with E-state index in [2.05, 4.69) is 56.7 Å². The Hall–Kier alpha value is -2.40. The standard InChI is InChI=1S/C22H31N5/c1-18-9-6-8-14-27(18)17-20-11-4-3-10-19(20)15-25-22(23-2)26-16-21-12-5-7-13-24-21/h3-5,7,10-13,18H,6,8-9,14-17H2,1-2H3,(H2,23,25,26). The van der Waals surface area contributed by atoms with Crippen molar-refractivity contribution in [2.45, 2.75) is 51.9 Å². The number of nitrogens with zero attached hydrogens (tertiary/aromatic N) is 3. The van der Waals surface area contributed by atoms with Crippen LogP contribution in [0.1, 0.15) is 43.0 Å². The van der Waals surface area contributed by atoms with Crippen LogP contribution in [-0.4, -0.2) is 35.5 Å². The van der Waals surface area contributed by atoms with E-state index in [0.717, 1.165) is 24.7 Å². The molecular formula is C22H31N5. The average Bonchev–Trinajstić information content (AvgIpc) is 2.71. The third kappa shape index (κ3) is 5.79. The maximum Gasteiger partial charge on any atom is 0.191 e. The van der Waals surface area contributed by atoms with Gasteiger partial charge in [-0.2, -0.15) is 0 Å². The smallest absolute Gasteiger partial charge is 0.191 e. The normalized spacial score (nSPS) is 18.3. The molecule has 1 saturated heterocycles. The Morgan fingerprint density at radius 3 is 2.59 bits per heavy atom. The van der Waals surface area contributed by atoms with Crippen LogP contribution in [0.3, 0.4) is 0 Å². The summed E-state index contributed by atoms with van der Waals surface area (Å²) in [6.07, 6.45) is 5.80. The van der Waals surface area contributed by atoms with E-state index in [-0.39, 0.29) is 0 Å². The third-order valence-corrected chi connectivity index (χ3v) is 5.27. The maximum absolute atomic E-state index is 4.34. The van der Waals surface area contributed by atoms with Gasteiger partial charge in [-0.1, -0.05) is 36.8 Å². The lowest BCUT2D eigenvalue weighted by molar-refractivity contribution is 0.152. The minimum atomic E-state index is 0.660. The molecule has 1 aromatic heterocycles. The van der Waals surface area contributed by atoms with Gasteiger partial charge in [0.25, 0.3) is 0 Å². The SMILES string of the molecule is CN=C(NCc1ccccn1)NCc1ccccc1CN1CCCCC1C. The summed E-state index contributed by atoms with van der Waals surface area (Å²) in [6.45, 7) is 6.01. The first-order chi connectivity index (χ1) is 13.3. The Morgan fingerprint density at radius 1 is 1.07 bits per heavy atom. The van der Waals surface area contributed by atoms with Crippen molar-refractivity contribution in [2.24, 2.45) is 4.99 Å². The Labute approximate surface area is 162 Å². The van der Waals surface area contributed by atoms with Crippen LogP contribution < -0.4 is 10.6 Å². The monoisotopic (exact) mass is 365 g/mol. The molecule has 2 aromatic rings. The summed E-state index contributed by atoms with van der Waals surface area (Å²) >= 11 is 0. The predicted molar refractivity (Wildman–Crippen MR) is 111 cm³/mol. The number of likely N-dealkylation sites (tertiary alicyclic amines) is 1. The van der Waals surface area contributed by atoms with E-state index in [1.807, 2.05) is 24.4 Å². The summed E-state index contributed by atoms with van der Waals surface area (Å²) in [5.41, 5.74) is 3.73. The molecule has 1 aromatic carbocycles. The summed E-state index contributed by atoms with van der Waals surface area (Å²) in [6, 6.07) is 15.3. The minimum absolute atomic E-state index is 0.660. The zero-order chi connectivity index (χ0) is 18.9. The number of guanidine groups is 1. The summed E-state index contributed by atoms with van der Waals surface area (Å²) in [5, 5.41) is 6.77. The Balaban J connectivity index is 1.56. The zero-order valence-electron chi connectivity index (χ0n) is 16.5. The lowest BCUT2D eigenvalue weighted by Crippen LogP contribution is -2.38. The van der Waals surface area contributed by atoms with Gasteiger partial charge in [0.1, 0.15) is 0 Å². The molecule has 0 amide bonds. The van der Waals surface area contributed by atoms with E-state index >= 15 is 0 Å². The highest BCUT2D eigenvalue weighted by Gasteiger charge is 2.19. The molecule has 1 aliphatic rings. The topological polar surface area (TPSA) is 52.6 Å². The number of hydrogen-bond donors (Lipinski definition) is 2. The van der Waals surface area contributed by atoms with Crippen LogP contribution in [0.5, 0.6) is 0 Å². The van der Waals surface area contributed by atoms with Gasteiger partial charge in [-0.25, -0.2) is 0 Å². The van der Waals surface area contributed by atoms with Crippen molar-refractivity contribution in [1.82, 2.24) is 20.5 Å². The molecule has 1 atom stereocenters. The average molecular weight is 366 g/mol. The summed E-state index contributed by atoms with van der Waals surface area (Å²) < 4.78 is 0. The van der Waals surface area contributed by atoms with Crippen molar-refractivity contribution in [3.8, 4) is 0 Å². The minimum Gasteiger partial charge on any atom is -0.352 e. The number of aromatic nitrogens is 1. The Morgan fingerprint density at radius 2 is 1.85 bits per heavy atom. The largest absolute Gasteiger partial charge is 0.352 e. The molecule has 27 heavy (non-hydrogen) atoms. The van der Waals surface area contributed by atoms with Gasteiger partial charge in [0.05, 0.1) is 12.2 Å². The predicted octanol–water partition coefficient (Wildman–Crippen LogP) is 3.32. The lowest BCUT2D eigenvalue weighted by Gasteiger charge is -2.33. The van der Waals surface area contributed by atoms with Crippen LogP contribution in [0, 0.1) is 0 Å². The first kappa shape index (κ1) is 19.4. The highest BCUT2D eigenvalue weighted by Crippen LogP contribution is 2.20. The van der Waals surface area contributed by atoms with Crippen LogP contribution in [0.2, 0.25) is 0 Å². The van der Waals surface area contributed by atoms with Crippen LogP contribution in [0.4, 0.5) is 0 Å². The van der Waals surface area contributed by atoms with E-state index in [4.69, 9.17) is 0 Å². The number of pyridine rings is 1.